The van der Waals surface area contributed by atoms with Crippen molar-refractivity contribution in [1.29, 1.82) is 0 Å². The summed E-state index contributed by atoms with van der Waals surface area (Å²) < 4.78 is 0. The predicted molar refractivity (Wildman–Crippen MR) is 76.1 cm³/mol. The summed E-state index contributed by atoms with van der Waals surface area (Å²) in [5, 5.41) is 0. The lowest BCUT2D eigenvalue weighted by molar-refractivity contribution is 1.50. The van der Waals surface area contributed by atoms with Gasteiger partial charge in [0, 0.05) is 5.70 Å². The van der Waals surface area contributed by atoms with Crippen molar-refractivity contribution in [2.24, 2.45) is 5.73 Å². The summed E-state index contributed by atoms with van der Waals surface area (Å²) in [5.41, 5.74) is 7.66. The number of hydrogen-bond acceptors (Lipinski definition) is 1. The van der Waals surface area contributed by atoms with Gasteiger partial charge in [-0.2, -0.15) is 0 Å². The molecular weight excluding hydrogens is 194 g/mol. The summed E-state index contributed by atoms with van der Waals surface area (Å²) >= 11 is 0. The zero-order valence-corrected chi connectivity index (χ0v) is 11.2. The average molecular weight is 219 g/mol. The molecule has 0 aliphatic carbocycles. The fraction of sp³-hybridized carbons (Fsp3) is 0.333. The molecule has 0 aliphatic heterocycles. The Labute approximate surface area is 101 Å². The molecule has 0 radical (unpaired) electrons. The highest BCUT2D eigenvalue weighted by Gasteiger charge is 1.90. The van der Waals surface area contributed by atoms with E-state index in [-0.39, 0.29) is 0 Å². The van der Waals surface area contributed by atoms with Gasteiger partial charge in [0.25, 0.3) is 0 Å². The Bertz CT molecular complexity index is 284. The maximum atomic E-state index is 5.79. The Kier molecular flexibility index (Phi) is 14.3. The Balaban J connectivity index is 0. The average Bonchev–Trinajstić information content (AvgIpc) is 2.41. The first-order chi connectivity index (χ1) is 7.84. The van der Waals surface area contributed by atoms with Crippen LogP contribution in [0.1, 0.15) is 40.2 Å². The van der Waals surface area contributed by atoms with E-state index in [2.05, 4.69) is 0 Å². The standard InChI is InChI=1S/C11H13N.2C2H6/c1-2-3-9-11(12)10-7-5-4-6-8-10;2*1-2/h2-9H,12H2,1H3;2*1-2H3/b3-2-,11-9-;;. The highest BCUT2D eigenvalue weighted by molar-refractivity contribution is 5.63. The van der Waals surface area contributed by atoms with Crippen LogP contribution >= 0.6 is 0 Å². The summed E-state index contributed by atoms with van der Waals surface area (Å²) in [6.07, 6.45) is 5.79. The second-order valence-corrected chi connectivity index (χ2v) is 2.51. The van der Waals surface area contributed by atoms with E-state index in [9.17, 15) is 0 Å². The monoisotopic (exact) mass is 219 g/mol. The van der Waals surface area contributed by atoms with Crippen molar-refractivity contribution in [3.63, 3.8) is 0 Å². The molecule has 1 aromatic carbocycles. The van der Waals surface area contributed by atoms with E-state index in [1.54, 1.807) is 0 Å². The summed E-state index contributed by atoms with van der Waals surface area (Å²) in [5.74, 6) is 0. The van der Waals surface area contributed by atoms with Gasteiger partial charge in [-0.05, 0) is 18.6 Å². The van der Waals surface area contributed by atoms with Crippen LogP contribution in [0.4, 0.5) is 0 Å². The summed E-state index contributed by atoms with van der Waals surface area (Å²) in [4.78, 5) is 0. The summed E-state index contributed by atoms with van der Waals surface area (Å²) in [7, 11) is 0. The summed E-state index contributed by atoms with van der Waals surface area (Å²) in [6.45, 7) is 9.97. The van der Waals surface area contributed by atoms with Crippen LogP contribution in [-0.2, 0) is 0 Å². The minimum absolute atomic E-state index is 0.800. The zero-order chi connectivity index (χ0) is 12.8. The second-order valence-electron chi connectivity index (χ2n) is 2.51. The maximum absolute atomic E-state index is 5.79. The highest BCUT2D eigenvalue weighted by Crippen LogP contribution is 2.07. The second kappa shape index (κ2) is 13.5. The first-order valence-electron chi connectivity index (χ1n) is 5.98. The van der Waals surface area contributed by atoms with Crippen LogP contribution in [-0.4, -0.2) is 0 Å². The zero-order valence-electron chi connectivity index (χ0n) is 11.2. The van der Waals surface area contributed by atoms with Crippen molar-refractivity contribution in [2.45, 2.75) is 34.6 Å². The van der Waals surface area contributed by atoms with Crippen LogP contribution in [0, 0.1) is 0 Å². The smallest absolute Gasteiger partial charge is 0.0387 e. The Hall–Kier alpha value is -1.50. The van der Waals surface area contributed by atoms with Crippen molar-refractivity contribution in [3.05, 3.63) is 54.1 Å². The number of nitrogens with two attached hydrogens (primary N) is 1. The minimum Gasteiger partial charge on any atom is -0.398 e. The lowest BCUT2D eigenvalue weighted by Gasteiger charge is -1.98. The van der Waals surface area contributed by atoms with Gasteiger partial charge in [-0.3, -0.25) is 0 Å². The lowest BCUT2D eigenvalue weighted by atomic mass is 10.1. The van der Waals surface area contributed by atoms with Gasteiger partial charge in [0.15, 0.2) is 0 Å². The fourth-order valence-corrected chi connectivity index (χ4v) is 0.927. The largest absolute Gasteiger partial charge is 0.398 e. The van der Waals surface area contributed by atoms with Gasteiger partial charge in [0.05, 0.1) is 0 Å². The molecule has 0 heterocycles. The molecule has 0 amide bonds. The molecule has 0 bridgehead atoms. The first-order valence-corrected chi connectivity index (χ1v) is 5.98. The number of hydrogen-bond donors (Lipinski definition) is 1. The van der Waals surface area contributed by atoms with Gasteiger partial charge in [-0.1, -0.05) is 70.2 Å². The molecule has 0 aromatic heterocycles. The number of allylic oxidation sites excluding steroid dienone is 3. The van der Waals surface area contributed by atoms with Crippen molar-refractivity contribution in [1.82, 2.24) is 0 Å². The van der Waals surface area contributed by atoms with Crippen molar-refractivity contribution < 1.29 is 0 Å². The molecule has 1 rings (SSSR count). The van der Waals surface area contributed by atoms with Crippen LogP contribution in [0.15, 0.2) is 48.6 Å². The molecule has 0 saturated carbocycles. The Morgan fingerprint density at radius 1 is 1.00 bits per heavy atom. The minimum atomic E-state index is 0.800. The van der Waals surface area contributed by atoms with Gasteiger partial charge >= 0.3 is 0 Å². The Morgan fingerprint density at radius 3 is 1.94 bits per heavy atom. The van der Waals surface area contributed by atoms with E-state index >= 15 is 0 Å². The van der Waals surface area contributed by atoms with Crippen molar-refractivity contribution in [3.8, 4) is 0 Å². The molecule has 0 fully saturated rings. The first kappa shape index (κ1) is 16.9. The van der Waals surface area contributed by atoms with Crippen LogP contribution in [0.5, 0.6) is 0 Å². The van der Waals surface area contributed by atoms with E-state index in [0.717, 1.165) is 11.3 Å². The van der Waals surface area contributed by atoms with Crippen molar-refractivity contribution in [2.75, 3.05) is 0 Å². The topological polar surface area (TPSA) is 26.0 Å². The summed E-state index contributed by atoms with van der Waals surface area (Å²) in [6, 6.07) is 9.93. The molecule has 0 unspecified atom stereocenters. The van der Waals surface area contributed by atoms with Crippen LogP contribution in [0.25, 0.3) is 5.70 Å². The third-order valence-electron chi connectivity index (χ3n) is 1.58. The molecule has 1 nitrogen and oxygen atoms in total. The molecule has 0 atom stereocenters. The predicted octanol–water partition coefficient (Wildman–Crippen LogP) is 4.61. The van der Waals surface area contributed by atoms with Gasteiger partial charge in [0.2, 0.25) is 0 Å². The molecular formula is C15H25N. The normalized spacial score (nSPS) is 9.94. The maximum Gasteiger partial charge on any atom is 0.0387 e. The molecule has 0 saturated heterocycles. The third kappa shape index (κ3) is 7.86. The number of benzene rings is 1. The molecule has 2 N–H and O–H groups in total. The molecule has 1 aromatic rings. The van der Waals surface area contributed by atoms with Crippen molar-refractivity contribution >= 4 is 5.70 Å². The van der Waals surface area contributed by atoms with E-state index in [1.165, 1.54) is 0 Å². The number of rotatable bonds is 2. The van der Waals surface area contributed by atoms with E-state index in [1.807, 2.05) is 83.2 Å². The highest BCUT2D eigenvalue weighted by atomic mass is 14.6. The van der Waals surface area contributed by atoms with Gasteiger partial charge in [-0.15, -0.1) is 0 Å². The van der Waals surface area contributed by atoms with E-state index in [0.29, 0.717) is 0 Å². The van der Waals surface area contributed by atoms with E-state index < -0.39 is 0 Å². The van der Waals surface area contributed by atoms with Crippen LogP contribution in [0.3, 0.4) is 0 Å². The van der Waals surface area contributed by atoms with Crippen LogP contribution < -0.4 is 5.73 Å². The van der Waals surface area contributed by atoms with Crippen LogP contribution in [0.2, 0.25) is 0 Å². The molecule has 16 heavy (non-hydrogen) atoms. The lowest BCUT2D eigenvalue weighted by Crippen LogP contribution is -1.94. The third-order valence-corrected chi connectivity index (χ3v) is 1.58. The SMILES string of the molecule is C/C=C\C=C(/N)c1ccccc1.CC.CC. The van der Waals surface area contributed by atoms with Gasteiger partial charge in [-0.25, -0.2) is 0 Å². The quantitative estimate of drug-likeness (QED) is 0.722. The molecule has 1 heteroatoms. The molecule has 0 aliphatic rings. The van der Waals surface area contributed by atoms with E-state index in [4.69, 9.17) is 5.73 Å². The molecule has 0 spiro atoms. The Morgan fingerprint density at radius 2 is 1.50 bits per heavy atom. The molecule has 90 valence electrons. The fourth-order valence-electron chi connectivity index (χ4n) is 0.927. The van der Waals surface area contributed by atoms with Gasteiger partial charge in [0.1, 0.15) is 0 Å². The van der Waals surface area contributed by atoms with Gasteiger partial charge < -0.3 is 5.73 Å².